The number of fused-ring (bicyclic) bond motifs is 2. The number of rotatable bonds is 10. The Labute approximate surface area is 259 Å². The molecule has 0 aliphatic carbocycles. The van der Waals surface area contributed by atoms with Crippen molar-refractivity contribution in [2.75, 3.05) is 13.2 Å². The highest BCUT2D eigenvalue weighted by Gasteiger charge is 2.26. The maximum absolute atomic E-state index is 12.7. The van der Waals surface area contributed by atoms with E-state index in [4.69, 9.17) is 14.2 Å². The molecule has 4 heterocycles. The Balaban J connectivity index is 1.46. The van der Waals surface area contributed by atoms with Crippen LogP contribution < -0.4 is 4.74 Å². The van der Waals surface area contributed by atoms with E-state index < -0.39 is 13.7 Å². The summed E-state index contributed by atoms with van der Waals surface area (Å²) in [5.74, 6) is 1.24. The molecule has 0 N–H and O–H groups in total. The Kier molecular flexibility index (Phi) is 8.94. The summed E-state index contributed by atoms with van der Waals surface area (Å²) in [6.45, 7) is 16.3. The number of amides is 1. The molecule has 44 heavy (non-hydrogen) atoms. The van der Waals surface area contributed by atoms with Gasteiger partial charge in [0.05, 0.1) is 11.6 Å². The zero-order valence-electron chi connectivity index (χ0n) is 26.7. The smallest absolute Gasteiger partial charge is 0.410 e. The molecule has 0 saturated heterocycles. The maximum atomic E-state index is 12.7. The minimum absolute atomic E-state index is 0.0111. The molecule has 12 heteroatoms. The first-order valence-electron chi connectivity index (χ1n) is 15.0. The summed E-state index contributed by atoms with van der Waals surface area (Å²) in [6.07, 6.45) is 5.85. The van der Waals surface area contributed by atoms with Crippen LogP contribution in [0, 0.1) is 0 Å². The van der Waals surface area contributed by atoms with Gasteiger partial charge in [0, 0.05) is 45.7 Å². The fraction of sp³-hybridized carbons (Fsp3) is 0.469. The van der Waals surface area contributed by atoms with Gasteiger partial charge < -0.3 is 23.7 Å². The molecule has 0 atom stereocenters. The fourth-order valence-corrected chi connectivity index (χ4v) is 5.80. The number of hydrogen-bond acceptors (Lipinski definition) is 8. The molecular weight excluding hydrogens is 576 g/mol. The number of Topliss-reactive ketones (excluding diaryl/α,β-unsaturated/α-hetero) is 1. The Hall–Kier alpha value is -4.03. The number of carbonyl (C=O) groups is 2. The van der Waals surface area contributed by atoms with Crippen molar-refractivity contribution in [3.8, 4) is 22.8 Å². The Morgan fingerprint density at radius 2 is 1.86 bits per heavy atom. The largest absolute Gasteiger partial charge is 0.457 e. The highest BCUT2D eigenvalue weighted by Crippen LogP contribution is 2.38. The summed E-state index contributed by atoms with van der Waals surface area (Å²) in [6, 6.07) is 8.88. The lowest BCUT2D eigenvalue weighted by Crippen LogP contribution is -2.39. The second-order valence-electron chi connectivity index (χ2n) is 13.6. The van der Waals surface area contributed by atoms with Crippen LogP contribution in [0.1, 0.15) is 38.8 Å². The number of nitrogens with zero attached hydrogens (tertiary/aromatic N) is 6. The van der Waals surface area contributed by atoms with E-state index >= 15 is 0 Å². The lowest BCUT2D eigenvalue weighted by atomic mass is 10.00. The van der Waals surface area contributed by atoms with Gasteiger partial charge in [-0.05, 0) is 69.5 Å². The molecule has 0 saturated carbocycles. The van der Waals surface area contributed by atoms with Gasteiger partial charge in [-0.25, -0.2) is 14.5 Å². The average Bonchev–Trinajstić information content (AvgIpc) is 3.54. The lowest BCUT2D eigenvalue weighted by molar-refractivity contribution is -0.117. The Morgan fingerprint density at radius 3 is 2.59 bits per heavy atom. The zero-order valence-corrected chi connectivity index (χ0v) is 27.7. The minimum Gasteiger partial charge on any atom is -0.457 e. The van der Waals surface area contributed by atoms with Gasteiger partial charge in [-0.15, -0.1) is 5.10 Å². The van der Waals surface area contributed by atoms with E-state index in [0.29, 0.717) is 49.3 Å². The monoisotopic (exact) mass is 618 g/mol. The normalized spacial score (nSPS) is 13.7. The first-order chi connectivity index (χ1) is 20.8. The molecule has 1 aliphatic rings. The second-order valence-corrected chi connectivity index (χ2v) is 19.2. The molecule has 0 fully saturated rings. The maximum Gasteiger partial charge on any atom is 0.410 e. The van der Waals surface area contributed by atoms with E-state index in [1.54, 1.807) is 17.3 Å². The quantitative estimate of drug-likeness (QED) is 0.151. The summed E-state index contributed by atoms with van der Waals surface area (Å²) in [5, 5.41) is 9.30. The topological polar surface area (TPSA) is 114 Å². The highest BCUT2D eigenvalue weighted by molar-refractivity contribution is 6.76. The van der Waals surface area contributed by atoms with Crippen LogP contribution >= 0.6 is 0 Å². The second kappa shape index (κ2) is 12.5. The van der Waals surface area contributed by atoms with E-state index in [-0.39, 0.29) is 18.4 Å². The van der Waals surface area contributed by atoms with E-state index in [9.17, 15) is 9.59 Å². The van der Waals surface area contributed by atoms with Gasteiger partial charge in [0.25, 0.3) is 0 Å². The molecule has 3 aromatic heterocycles. The molecule has 0 spiro atoms. The van der Waals surface area contributed by atoms with Crippen molar-refractivity contribution in [3.05, 3.63) is 54.0 Å². The van der Waals surface area contributed by atoms with Gasteiger partial charge in [0.2, 0.25) is 0 Å². The van der Waals surface area contributed by atoms with Crippen molar-refractivity contribution in [2.45, 2.75) is 85.2 Å². The highest BCUT2D eigenvalue weighted by atomic mass is 28.3. The summed E-state index contributed by atoms with van der Waals surface area (Å²) >= 11 is 0. The molecule has 0 unspecified atom stereocenters. The summed E-state index contributed by atoms with van der Waals surface area (Å²) in [7, 11) is -1.24. The first-order valence-corrected chi connectivity index (χ1v) is 18.7. The molecule has 0 bridgehead atoms. The van der Waals surface area contributed by atoms with Gasteiger partial charge in [0.15, 0.2) is 5.78 Å². The standard InChI is InChI=1S/C32H42N6O5Si/c1-22(39)17-38-20-27(34-35-38)26-19-37(21-41-14-15-44(5,6)7)30-29(26)28(10-12-33-30)42-25-9-8-23-11-13-36(18-24(23)16-25)31(40)43-32(2,3)4/h8-10,12,16,19-20H,11,13-15,17-18,21H2,1-7H3. The Bertz CT molecular complexity index is 1670. The van der Waals surface area contributed by atoms with Crippen molar-refractivity contribution in [1.82, 2.24) is 29.4 Å². The van der Waals surface area contributed by atoms with Crippen LogP contribution in [0.4, 0.5) is 4.79 Å². The van der Waals surface area contributed by atoms with Crippen LogP contribution in [-0.4, -0.2) is 68.1 Å². The van der Waals surface area contributed by atoms with Gasteiger partial charge >= 0.3 is 6.09 Å². The number of benzene rings is 1. The average molecular weight is 619 g/mol. The summed E-state index contributed by atoms with van der Waals surface area (Å²) in [5.41, 5.74) is 3.72. The fourth-order valence-electron chi connectivity index (χ4n) is 5.04. The zero-order chi connectivity index (χ0) is 31.6. The van der Waals surface area contributed by atoms with Crippen LogP contribution in [0.2, 0.25) is 25.7 Å². The SMILES string of the molecule is CC(=O)Cn1cc(-c2cn(COCC[Si](C)(C)C)c3nccc(Oc4ccc5c(c4)CN(C(=O)OC(C)(C)C)CC5)c23)nn1. The number of pyridine rings is 1. The van der Waals surface area contributed by atoms with E-state index in [1.807, 2.05) is 49.7 Å². The van der Waals surface area contributed by atoms with Gasteiger partial charge in [0.1, 0.15) is 41.7 Å². The third-order valence-electron chi connectivity index (χ3n) is 7.21. The van der Waals surface area contributed by atoms with Crippen LogP contribution in [-0.2, 0) is 40.5 Å². The molecular formula is C32H42N6O5Si. The first kappa shape index (κ1) is 31.4. The van der Waals surface area contributed by atoms with E-state index in [2.05, 4.69) is 41.0 Å². The molecule has 234 valence electrons. The van der Waals surface area contributed by atoms with Gasteiger partial charge in [-0.3, -0.25) is 4.79 Å². The molecule has 1 aliphatic heterocycles. The predicted molar refractivity (Wildman–Crippen MR) is 170 cm³/mol. The van der Waals surface area contributed by atoms with Crippen LogP contribution in [0.25, 0.3) is 22.3 Å². The van der Waals surface area contributed by atoms with Crippen molar-refractivity contribution in [3.63, 3.8) is 0 Å². The van der Waals surface area contributed by atoms with Crippen molar-refractivity contribution < 1.29 is 23.8 Å². The third-order valence-corrected chi connectivity index (χ3v) is 8.92. The van der Waals surface area contributed by atoms with Crippen LogP contribution in [0.5, 0.6) is 11.5 Å². The predicted octanol–water partition coefficient (Wildman–Crippen LogP) is 6.28. The molecule has 1 amide bonds. The van der Waals surface area contributed by atoms with Crippen molar-refractivity contribution in [1.29, 1.82) is 0 Å². The molecule has 11 nitrogen and oxygen atoms in total. The Morgan fingerprint density at radius 1 is 1.07 bits per heavy atom. The number of aromatic nitrogens is 5. The third kappa shape index (κ3) is 7.72. The molecule has 0 radical (unpaired) electrons. The van der Waals surface area contributed by atoms with E-state index in [1.165, 1.54) is 17.2 Å². The van der Waals surface area contributed by atoms with Gasteiger partial charge in [-0.1, -0.05) is 30.9 Å². The number of carbonyl (C=O) groups excluding carboxylic acids is 2. The molecule has 5 rings (SSSR count). The summed E-state index contributed by atoms with van der Waals surface area (Å²) in [4.78, 5) is 30.9. The molecule has 4 aromatic rings. The minimum atomic E-state index is -1.24. The van der Waals surface area contributed by atoms with E-state index in [0.717, 1.165) is 29.0 Å². The number of hydrogen-bond donors (Lipinski definition) is 0. The van der Waals surface area contributed by atoms with Gasteiger partial charge in [-0.2, -0.15) is 0 Å². The number of ketones is 1. The van der Waals surface area contributed by atoms with Crippen LogP contribution in [0.3, 0.4) is 0 Å². The lowest BCUT2D eigenvalue weighted by Gasteiger charge is -2.31. The van der Waals surface area contributed by atoms with Crippen molar-refractivity contribution in [2.24, 2.45) is 0 Å². The summed E-state index contributed by atoms with van der Waals surface area (Å²) < 4.78 is 21.7. The number of ether oxygens (including phenoxy) is 3. The van der Waals surface area contributed by atoms with Crippen LogP contribution in [0.15, 0.2) is 42.9 Å². The van der Waals surface area contributed by atoms with Crippen molar-refractivity contribution >= 4 is 31.0 Å². The molecule has 1 aromatic carbocycles.